The first kappa shape index (κ1) is 15.7. The van der Waals surface area contributed by atoms with Crippen molar-refractivity contribution in [3.63, 3.8) is 0 Å². The molecule has 120 valence electrons. The normalized spacial score (nSPS) is 11.1. The van der Waals surface area contributed by atoms with E-state index in [4.69, 9.17) is 0 Å². The average molecular weight is 328 g/mol. The van der Waals surface area contributed by atoms with Gasteiger partial charge < -0.3 is 4.90 Å². The van der Waals surface area contributed by atoms with Gasteiger partial charge in [0.15, 0.2) is 4.96 Å². The molecule has 23 heavy (non-hydrogen) atoms. The minimum atomic E-state index is 0.142. The van der Waals surface area contributed by atoms with Gasteiger partial charge in [-0.1, -0.05) is 0 Å². The Kier molecular flexibility index (Phi) is 4.43. The number of imidazole rings is 1. The highest BCUT2D eigenvalue weighted by atomic mass is 32.1. The molecule has 0 N–H and O–H groups in total. The second-order valence-corrected chi connectivity index (χ2v) is 6.96. The number of nitrogens with zero attached hydrogens (tertiary/aromatic N) is 4. The predicted octanol–water partition coefficient (Wildman–Crippen LogP) is 3.00. The van der Waals surface area contributed by atoms with Gasteiger partial charge in [0, 0.05) is 36.9 Å². The lowest BCUT2D eigenvalue weighted by Gasteiger charge is -2.17. The maximum Gasteiger partial charge on any atom is 0.222 e. The number of hydrogen-bond acceptors (Lipinski definition) is 4. The molecule has 0 unspecified atom stereocenters. The van der Waals surface area contributed by atoms with Crippen LogP contribution in [-0.4, -0.2) is 32.2 Å². The summed E-state index contributed by atoms with van der Waals surface area (Å²) >= 11 is 1.67. The van der Waals surface area contributed by atoms with E-state index >= 15 is 0 Å². The number of aromatic nitrogens is 3. The van der Waals surface area contributed by atoms with E-state index in [0.717, 1.165) is 28.3 Å². The first-order valence-corrected chi connectivity index (χ1v) is 8.43. The Morgan fingerprint density at radius 2 is 2.04 bits per heavy atom. The van der Waals surface area contributed by atoms with Gasteiger partial charge in [0.1, 0.15) is 0 Å². The molecule has 0 saturated carbocycles. The van der Waals surface area contributed by atoms with Crippen LogP contribution in [-0.2, 0) is 17.8 Å². The van der Waals surface area contributed by atoms with Crippen LogP contribution in [0.4, 0.5) is 0 Å². The summed E-state index contributed by atoms with van der Waals surface area (Å²) in [5.74, 6) is 0.142. The van der Waals surface area contributed by atoms with Gasteiger partial charge in [0.05, 0.1) is 17.9 Å². The van der Waals surface area contributed by atoms with Gasteiger partial charge in [-0.3, -0.25) is 14.2 Å². The third-order valence-corrected chi connectivity index (χ3v) is 4.83. The van der Waals surface area contributed by atoms with Gasteiger partial charge >= 0.3 is 0 Å². The lowest BCUT2D eigenvalue weighted by atomic mass is 10.1. The van der Waals surface area contributed by atoms with Crippen LogP contribution in [0, 0.1) is 13.8 Å². The van der Waals surface area contributed by atoms with E-state index < -0.39 is 0 Å². The first-order valence-electron chi connectivity index (χ1n) is 7.61. The topological polar surface area (TPSA) is 50.5 Å². The highest BCUT2D eigenvalue weighted by molar-refractivity contribution is 7.17. The van der Waals surface area contributed by atoms with Crippen LogP contribution in [0.2, 0.25) is 0 Å². The molecule has 0 atom stereocenters. The number of thiazole rings is 1. The van der Waals surface area contributed by atoms with Gasteiger partial charge in [0.25, 0.3) is 0 Å². The second-order valence-electron chi connectivity index (χ2n) is 5.74. The number of amides is 1. The van der Waals surface area contributed by atoms with Crippen molar-refractivity contribution in [3.05, 3.63) is 52.6 Å². The van der Waals surface area contributed by atoms with Crippen molar-refractivity contribution in [1.82, 2.24) is 19.3 Å². The summed E-state index contributed by atoms with van der Waals surface area (Å²) in [6.45, 7) is 4.65. The minimum absolute atomic E-state index is 0.142. The molecule has 0 spiro atoms. The molecule has 1 amide bonds. The number of pyridine rings is 1. The monoisotopic (exact) mass is 328 g/mol. The molecular weight excluding hydrogens is 308 g/mol. The Labute approximate surface area is 139 Å². The zero-order chi connectivity index (χ0) is 16.4. The smallest absolute Gasteiger partial charge is 0.222 e. The average Bonchev–Trinajstić information content (AvgIpc) is 3.02. The number of rotatable bonds is 5. The van der Waals surface area contributed by atoms with Crippen LogP contribution in [0.3, 0.4) is 0 Å². The summed E-state index contributed by atoms with van der Waals surface area (Å²) in [7, 11) is 1.85. The molecule has 3 rings (SSSR count). The maximum absolute atomic E-state index is 12.4. The predicted molar refractivity (Wildman–Crippen MR) is 91.6 cm³/mol. The number of carbonyl (C=O) groups is 1. The fraction of sp³-hybridized carbons (Fsp3) is 0.353. The standard InChI is InChI=1S/C17H20N4OS/c1-12-10-21-15(13(2)19-17(21)23-12)11-20(3)16(22)5-4-14-6-8-18-9-7-14/h6-10H,4-5,11H2,1-3H3. The van der Waals surface area contributed by atoms with Crippen molar-refractivity contribution in [1.29, 1.82) is 0 Å². The highest BCUT2D eigenvalue weighted by Gasteiger charge is 2.16. The molecule has 0 saturated heterocycles. The number of aryl methyl sites for hydroxylation is 3. The SMILES string of the molecule is Cc1cn2c(CN(C)C(=O)CCc3ccncc3)c(C)nc2s1. The first-order chi connectivity index (χ1) is 11.0. The van der Waals surface area contributed by atoms with Crippen molar-refractivity contribution in [2.24, 2.45) is 0 Å². The largest absolute Gasteiger partial charge is 0.340 e. The Balaban J connectivity index is 1.66. The fourth-order valence-electron chi connectivity index (χ4n) is 2.60. The van der Waals surface area contributed by atoms with Crippen molar-refractivity contribution in [3.8, 4) is 0 Å². The summed E-state index contributed by atoms with van der Waals surface area (Å²) in [5, 5.41) is 0. The van der Waals surface area contributed by atoms with Crippen molar-refractivity contribution in [2.45, 2.75) is 33.2 Å². The third kappa shape index (κ3) is 3.42. The second kappa shape index (κ2) is 6.50. The summed E-state index contributed by atoms with van der Waals surface area (Å²) in [6.07, 6.45) is 6.85. The molecule has 0 fully saturated rings. The quantitative estimate of drug-likeness (QED) is 0.723. The zero-order valence-electron chi connectivity index (χ0n) is 13.6. The van der Waals surface area contributed by atoms with E-state index in [-0.39, 0.29) is 5.91 Å². The summed E-state index contributed by atoms with van der Waals surface area (Å²) in [4.78, 5) is 24.9. The van der Waals surface area contributed by atoms with Crippen molar-refractivity contribution >= 4 is 22.2 Å². The van der Waals surface area contributed by atoms with E-state index in [1.807, 2.05) is 26.1 Å². The molecule has 0 radical (unpaired) electrons. The summed E-state index contributed by atoms with van der Waals surface area (Å²) in [5.41, 5.74) is 3.22. The summed E-state index contributed by atoms with van der Waals surface area (Å²) in [6, 6.07) is 3.90. The van der Waals surface area contributed by atoms with Gasteiger partial charge in [-0.25, -0.2) is 4.98 Å². The van der Waals surface area contributed by atoms with Crippen LogP contribution in [0.1, 0.15) is 28.2 Å². The highest BCUT2D eigenvalue weighted by Crippen LogP contribution is 2.21. The molecule has 0 aliphatic heterocycles. The van der Waals surface area contributed by atoms with E-state index in [1.165, 1.54) is 4.88 Å². The van der Waals surface area contributed by atoms with Crippen LogP contribution in [0.25, 0.3) is 4.96 Å². The lowest BCUT2D eigenvalue weighted by molar-refractivity contribution is -0.130. The van der Waals surface area contributed by atoms with Crippen LogP contribution < -0.4 is 0 Å². The molecule has 5 nitrogen and oxygen atoms in total. The Morgan fingerprint density at radius 1 is 1.30 bits per heavy atom. The maximum atomic E-state index is 12.4. The summed E-state index contributed by atoms with van der Waals surface area (Å²) < 4.78 is 2.10. The van der Waals surface area contributed by atoms with E-state index in [0.29, 0.717) is 13.0 Å². The van der Waals surface area contributed by atoms with E-state index in [1.54, 1.807) is 28.6 Å². The van der Waals surface area contributed by atoms with Gasteiger partial charge in [-0.15, -0.1) is 11.3 Å². The van der Waals surface area contributed by atoms with E-state index in [9.17, 15) is 4.79 Å². The Morgan fingerprint density at radius 3 is 2.78 bits per heavy atom. The molecule has 0 aromatic carbocycles. The van der Waals surface area contributed by atoms with Crippen molar-refractivity contribution in [2.75, 3.05) is 7.05 Å². The molecule has 0 bridgehead atoms. The molecular formula is C17H20N4OS. The molecule has 6 heteroatoms. The van der Waals surface area contributed by atoms with Crippen LogP contribution in [0.5, 0.6) is 0 Å². The zero-order valence-corrected chi connectivity index (χ0v) is 14.4. The molecule has 3 aromatic rings. The van der Waals surface area contributed by atoms with Gasteiger partial charge in [0.2, 0.25) is 5.91 Å². The number of hydrogen-bond donors (Lipinski definition) is 0. The van der Waals surface area contributed by atoms with Gasteiger partial charge in [-0.05, 0) is 38.0 Å². The molecule has 3 aromatic heterocycles. The Hall–Kier alpha value is -2.21. The van der Waals surface area contributed by atoms with E-state index in [2.05, 4.69) is 27.5 Å². The molecule has 0 aliphatic carbocycles. The number of fused-ring (bicyclic) bond motifs is 1. The molecule has 3 heterocycles. The third-order valence-electron chi connectivity index (χ3n) is 3.93. The Bertz CT molecular complexity index is 822. The lowest BCUT2D eigenvalue weighted by Crippen LogP contribution is -2.27. The van der Waals surface area contributed by atoms with Crippen LogP contribution >= 0.6 is 11.3 Å². The van der Waals surface area contributed by atoms with Crippen molar-refractivity contribution < 1.29 is 4.79 Å². The fourth-order valence-corrected chi connectivity index (χ4v) is 3.49. The minimum Gasteiger partial charge on any atom is -0.340 e. The number of carbonyl (C=O) groups excluding carboxylic acids is 1. The van der Waals surface area contributed by atoms with Crippen LogP contribution in [0.15, 0.2) is 30.7 Å². The molecule has 0 aliphatic rings. The van der Waals surface area contributed by atoms with Gasteiger partial charge in [-0.2, -0.15) is 0 Å².